The van der Waals surface area contributed by atoms with Gasteiger partial charge in [-0.05, 0) is 32.6 Å². The Morgan fingerprint density at radius 2 is 1.20 bits per heavy atom. The number of hydrogen-bond donors (Lipinski definition) is 1. The zero-order valence-electron chi connectivity index (χ0n) is 12.3. The fourth-order valence-corrected chi connectivity index (χ4v) is 1.39. The van der Waals surface area contributed by atoms with Crippen LogP contribution in [0.5, 0.6) is 0 Å². The fraction of sp³-hybridized carbons (Fsp3) is 0.857. The van der Waals surface area contributed by atoms with Crippen molar-refractivity contribution < 1.29 is 0 Å². The van der Waals surface area contributed by atoms with Crippen LogP contribution in [-0.4, -0.2) is 7.05 Å². The summed E-state index contributed by atoms with van der Waals surface area (Å²) in [4.78, 5) is 0. The van der Waals surface area contributed by atoms with Gasteiger partial charge in [0.15, 0.2) is 0 Å². The van der Waals surface area contributed by atoms with Gasteiger partial charge in [-0.25, -0.2) is 0 Å². The first kappa shape index (κ1) is 20.0. The van der Waals surface area contributed by atoms with E-state index in [0.29, 0.717) is 0 Å². The van der Waals surface area contributed by atoms with Gasteiger partial charge in [0.05, 0.1) is 0 Å². The van der Waals surface area contributed by atoms with Crippen molar-refractivity contribution in [1.29, 1.82) is 0 Å². The lowest BCUT2D eigenvalue weighted by atomic mass is 9.98. The molecule has 0 spiro atoms. The molecule has 0 saturated heterocycles. The lowest BCUT2D eigenvalue weighted by molar-refractivity contribution is 0.639. The third-order valence-corrected chi connectivity index (χ3v) is 2.05. The predicted molar refractivity (Wildman–Crippen MR) is 74.3 cm³/mol. The summed E-state index contributed by atoms with van der Waals surface area (Å²) in [7, 11) is 2.02. The summed E-state index contributed by atoms with van der Waals surface area (Å²) >= 11 is 0. The van der Waals surface area contributed by atoms with Gasteiger partial charge in [-0.2, -0.15) is 0 Å². The summed E-state index contributed by atoms with van der Waals surface area (Å²) in [5.41, 5.74) is 3.03. The Bertz CT molecular complexity index is 125. The molecule has 0 radical (unpaired) electrons. The van der Waals surface area contributed by atoms with Crippen molar-refractivity contribution in [3.8, 4) is 0 Å². The second-order valence-electron chi connectivity index (χ2n) is 2.72. The highest BCUT2D eigenvalue weighted by Crippen LogP contribution is 2.21. The van der Waals surface area contributed by atoms with Crippen molar-refractivity contribution in [2.45, 2.75) is 74.1 Å². The molecule has 0 fully saturated rings. The van der Waals surface area contributed by atoms with Crippen molar-refractivity contribution in [3.05, 3.63) is 11.3 Å². The smallest absolute Gasteiger partial charge is 0.00931 e. The van der Waals surface area contributed by atoms with Crippen LogP contribution in [0.2, 0.25) is 0 Å². The molecule has 1 rings (SSSR count). The Kier molecular flexibility index (Phi) is 25.6. The molecular formula is C14H33N. The normalized spacial score (nSPS) is 13.3. The second-order valence-corrected chi connectivity index (χ2v) is 2.72. The summed E-state index contributed by atoms with van der Waals surface area (Å²) in [5.74, 6) is 0. The average Bonchev–Trinajstić information content (AvgIpc) is 2.37. The number of rotatable bonds is 1. The molecule has 0 saturated carbocycles. The summed E-state index contributed by atoms with van der Waals surface area (Å²) in [6.45, 7) is 14.2. The van der Waals surface area contributed by atoms with E-state index in [1.807, 2.05) is 48.6 Å². The monoisotopic (exact) mass is 215 g/mol. The molecule has 1 nitrogen and oxygen atoms in total. The third-order valence-electron chi connectivity index (χ3n) is 2.05. The van der Waals surface area contributed by atoms with Crippen LogP contribution >= 0.6 is 0 Å². The maximum absolute atomic E-state index is 3.23. The molecule has 0 aliphatic heterocycles. The Hall–Kier alpha value is -0.460. The second kappa shape index (κ2) is 19.2. The summed E-state index contributed by atoms with van der Waals surface area (Å²) < 4.78 is 0. The Morgan fingerprint density at radius 3 is 1.47 bits per heavy atom. The third kappa shape index (κ3) is 11.5. The molecule has 1 heteroatoms. The van der Waals surface area contributed by atoms with Crippen LogP contribution in [0.4, 0.5) is 0 Å². The van der Waals surface area contributed by atoms with Gasteiger partial charge >= 0.3 is 0 Å². The van der Waals surface area contributed by atoms with Gasteiger partial charge in [-0.1, -0.05) is 47.1 Å². The highest BCUT2D eigenvalue weighted by Gasteiger charge is 2.05. The first-order valence-corrected chi connectivity index (χ1v) is 6.71. The molecule has 0 heterocycles. The predicted octanol–water partition coefficient (Wildman–Crippen LogP) is 5.13. The topological polar surface area (TPSA) is 12.0 Å². The molecule has 94 valence electrons. The molecule has 15 heavy (non-hydrogen) atoms. The molecule has 0 bridgehead atoms. The number of allylic oxidation sites excluding steroid dienone is 2. The maximum atomic E-state index is 3.23. The van der Waals surface area contributed by atoms with E-state index >= 15 is 0 Å². The zero-order chi connectivity index (χ0) is 12.7. The molecule has 0 amide bonds. The van der Waals surface area contributed by atoms with Crippen LogP contribution in [-0.2, 0) is 0 Å². The number of hydrogen-bond acceptors (Lipinski definition) is 1. The van der Waals surface area contributed by atoms with E-state index in [2.05, 4.69) is 12.2 Å². The van der Waals surface area contributed by atoms with Gasteiger partial charge in [0.25, 0.3) is 0 Å². The zero-order valence-corrected chi connectivity index (χ0v) is 12.3. The van der Waals surface area contributed by atoms with E-state index in [0.717, 1.165) is 0 Å². The first-order valence-electron chi connectivity index (χ1n) is 6.71. The van der Waals surface area contributed by atoms with Gasteiger partial charge in [0.1, 0.15) is 0 Å². The summed E-state index contributed by atoms with van der Waals surface area (Å²) in [6.07, 6.45) is 5.32. The van der Waals surface area contributed by atoms with E-state index < -0.39 is 0 Å². The molecule has 1 N–H and O–H groups in total. The van der Waals surface area contributed by atoms with Gasteiger partial charge in [0, 0.05) is 12.7 Å². The van der Waals surface area contributed by atoms with Crippen LogP contribution in [0.25, 0.3) is 0 Å². The van der Waals surface area contributed by atoms with E-state index in [1.165, 1.54) is 31.4 Å². The van der Waals surface area contributed by atoms with Crippen LogP contribution in [0.3, 0.4) is 0 Å². The molecule has 1 aliphatic carbocycles. The van der Waals surface area contributed by atoms with E-state index in [1.54, 1.807) is 5.57 Å². The molecule has 0 unspecified atom stereocenters. The Balaban J connectivity index is -0.000000208. The van der Waals surface area contributed by atoms with Gasteiger partial charge in [0.2, 0.25) is 0 Å². The number of nitrogens with one attached hydrogen (secondary N) is 1. The lowest BCUT2D eigenvalue weighted by Gasteiger charge is -2.16. The standard InChI is InChI=1S/C8H15N.3C2H6/c1-7-5-3-4-6-8(7)9-2;3*1-2/h9H,3-6H2,1-2H3;3*1-2H3. The Morgan fingerprint density at radius 1 is 0.800 bits per heavy atom. The van der Waals surface area contributed by atoms with Crippen LogP contribution in [0, 0.1) is 0 Å². The highest BCUT2D eigenvalue weighted by atomic mass is 14.8. The van der Waals surface area contributed by atoms with Gasteiger partial charge in [-0.15, -0.1) is 0 Å². The first-order chi connectivity index (χ1) is 7.34. The average molecular weight is 215 g/mol. The Labute approximate surface area is 98.4 Å². The quantitative estimate of drug-likeness (QED) is 0.639. The fourth-order valence-electron chi connectivity index (χ4n) is 1.39. The molecule has 0 aromatic rings. The summed E-state index contributed by atoms with van der Waals surface area (Å²) in [6, 6.07) is 0. The minimum absolute atomic E-state index is 1.27. The van der Waals surface area contributed by atoms with Crippen LogP contribution in [0.15, 0.2) is 11.3 Å². The lowest BCUT2D eigenvalue weighted by Crippen LogP contribution is -2.11. The molecule has 0 aromatic carbocycles. The van der Waals surface area contributed by atoms with Gasteiger partial charge < -0.3 is 5.32 Å². The van der Waals surface area contributed by atoms with Crippen molar-refractivity contribution in [3.63, 3.8) is 0 Å². The van der Waals surface area contributed by atoms with Gasteiger partial charge in [-0.3, -0.25) is 0 Å². The molecule has 0 atom stereocenters. The van der Waals surface area contributed by atoms with E-state index in [-0.39, 0.29) is 0 Å². The summed E-state index contributed by atoms with van der Waals surface area (Å²) in [5, 5.41) is 3.23. The van der Waals surface area contributed by atoms with E-state index in [4.69, 9.17) is 0 Å². The van der Waals surface area contributed by atoms with Crippen LogP contribution in [0.1, 0.15) is 74.1 Å². The SMILES string of the molecule is CC.CC.CC.CNC1=C(C)CCCC1. The molecular weight excluding hydrogens is 182 g/mol. The molecule has 1 aliphatic rings. The maximum Gasteiger partial charge on any atom is 0.00931 e. The van der Waals surface area contributed by atoms with Crippen molar-refractivity contribution >= 4 is 0 Å². The minimum Gasteiger partial charge on any atom is -0.391 e. The molecule has 0 aromatic heterocycles. The van der Waals surface area contributed by atoms with Crippen molar-refractivity contribution in [2.75, 3.05) is 7.05 Å². The van der Waals surface area contributed by atoms with Crippen LogP contribution < -0.4 is 5.32 Å². The van der Waals surface area contributed by atoms with Crippen molar-refractivity contribution in [1.82, 2.24) is 5.32 Å². The van der Waals surface area contributed by atoms with E-state index in [9.17, 15) is 0 Å². The van der Waals surface area contributed by atoms with Crippen molar-refractivity contribution in [2.24, 2.45) is 0 Å². The minimum atomic E-state index is 1.27. The largest absolute Gasteiger partial charge is 0.391 e. The highest BCUT2D eigenvalue weighted by molar-refractivity contribution is 5.12.